The van der Waals surface area contributed by atoms with Gasteiger partial charge in [0.25, 0.3) is 0 Å². The van der Waals surface area contributed by atoms with Gasteiger partial charge in [0.2, 0.25) is 0 Å². The molecule has 0 aromatic heterocycles. The quantitative estimate of drug-likeness (QED) is 0.835. The van der Waals surface area contributed by atoms with E-state index in [2.05, 4.69) is 41.4 Å². The Hall–Kier alpha value is -0.970. The Bertz CT molecular complexity index is 385. The number of thiocarbonyl (C=S) groups is 1. The SMILES string of the molecule is Cc1ccc(C(=S)NCCN2CCOCC2)cc1. The molecule has 0 bridgehead atoms. The second kappa shape index (κ2) is 6.83. The van der Waals surface area contributed by atoms with E-state index in [0.29, 0.717) is 0 Å². The first-order valence-electron chi connectivity index (χ1n) is 6.41. The van der Waals surface area contributed by atoms with Gasteiger partial charge in [-0.1, -0.05) is 42.0 Å². The molecule has 3 nitrogen and oxygen atoms in total. The molecule has 1 aliphatic rings. The van der Waals surface area contributed by atoms with Crippen LogP contribution in [0.15, 0.2) is 24.3 Å². The fourth-order valence-electron chi connectivity index (χ4n) is 1.96. The van der Waals surface area contributed by atoms with Crippen LogP contribution in [-0.2, 0) is 4.74 Å². The van der Waals surface area contributed by atoms with Crippen LogP contribution in [0.25, 0.3) is 0 Å². The van der Waals surface area contributed by atoms with Crippen LogP contribution >= 0.6 is 12.2 Å². The maximum Gasteiger partial charge on any atom is 0.106 e. The molecule has 0 saturated carbocycles. The third-order valence-corrected chi connectivity index (χ3v) is 3.51. The number of nitrogens with zero attached hydrogens (tertiary/aromatic N) is 1. The Morgan fingerprint density at radius 2 is 1.94 bits per heavy atom. The number of nitrogens with one attached hydrogen (secondary N) is 1. The van der Waals surface area contributed by atoms with Crippen LogP contribution in [0.2, 0.25) is 0 Å². The summed E-state index contributed by atoms with van der Waals surface area (Å²) < 4.78 is 5.32. The summed E-state index contributed by atoms with van der Waals surface area (Å²) in [5, 5.41) is 3.31. The van der Waals surface area contributed by atoms with Crippen molar-refractivity contribution in [2.75, 3.05) is 39.4 Å². The van der Waals surface area contributed by atoms with Crippen molar-refractivity contribution >= 4 is 17.2 Å². The van der Waals surface area contributed by atoms with Crippen molar-refractivity contribution in [1.82, 2.24) is 10.2 Å². The molecule has 2 rings (SSSR count). The van der Waals surface area contributed by atoms with Crippen molar-refractivity contribution in [2.45, 2.75) is 6.92 Å². The highest BCUT2D eigenvalue weighted by molar-refractivity contribution is 7.80. The van der Waals surface area contributed by atoms with Gasteiger partial charge in [0.15, 0.2) is 0 Å². The molecule has 1 heterocycles. The second-order valence-corrected chi connectivity index (χ2v) is 4.98. The molecule has 1 saturated heterocycles. The van der Waals surface area contributed by atoms with Crippen molar-refractivity contribution < 1.29 is 4.74 Å². The van der Waals surface area contributed by atoms with Gasteiger partial charge in [0.05, 0.1) is 13.2 Å². The summed E-state index contributed by atoms with van der Waals surface area (Å²) in [6.07, 6.45) is 0. The highest BCUT2D eigenvalue weighted by Crippen LogP contribution is 2.03. The monoisotopic (exact) mass is 264 g/mol. The smallest absolute Gasteiger partial charge is 0.106 e. The van der Waals surface area contributed by atoms with Gasteiger partial charge in [-0.15, -0.1) is 0 Å². The van der Waals surface area contributed by atoms with E-state index in [1.165, 1.54) is 5.56 Å². The standard InChI is InChI=1S/C14H20N2OS/c1-12-2-4-13(5-3-12)14(18)15-6-7-16-8-10-17-11-9-16/h2-5H,6-11H2,1H3,(H,15,18). The molecule has 0 aliphatic carbocycles. The number of benzene rings is 1. The van der Waals surface area contributed by atoms with Gasteiger partial charge >= 0.3 is 0 Å². The molecule has 98 valence electrons. The third kappa shape index (κ3) is 4.05. The summed E-state index contributed by atoms with van der Waals surface area (Å²) in [6, 6.07) is 8.31. The Balaban J connectivity index is 1.72. The Kier molecular flexibility index (Phi) is 5.11. The zero-order chi connectivity index (χ0) is 12.8. The lowest BCUT2D eigenvalue weighted by molar-refractivity contribution is 0.0389. The highest BCUT2D eigenvalue weighted by atomic mass is 32.1. The summed E-state index contributed by atoms with van der Waals surface area (Å²) in [4.78, 5) is 3.23. The molecular weight excluding hydrogens is 244 g/mol. The van der Waals surface area contributed by atoms with Crippen LogP contribution in [0.1, 0.15) is 11.1 Å². The minimum absolute atomic E-state index is 0.836. The van der Waals surface area contributed by atoms with E-state index < -0.39 is 0 Å². The third-order valence-electron chi connectivity index (χ3n) is 3.13. The number of hydrogen-bond donors (Lipinski definition) is 1. The lowest BCUT2D eigenvalue weighted by Gasteiger charge is -2.26. The minimum Gasteiger partial charge on any atom is -0.379 e. The van der Waals surface area contributed by atoms with Crippen LogP contribution < -0.4 is 5.32 Å². The van der Waals surface area contributed by atoms with E-state index in [4.69, 9.17) is 17.0 Å². The van der Waals surface area contributed by atoms with E-state index in [-0.39, 0.29) is 0 Å². The molecule has 0 unspecified atom stereocenters. The molecular formula is C14H20N2OS. The predicted molar refractivity (Wildman–Crippen MR) is 78.1 cm³/mol. The van der Waals surface area contributed by atoms with Crippen LogP contribution in [0.3, 0.4) is 0 Å². The molecule has 1 aromatic rings. The van der Waals surface area contributed by atoms with E-state index in [1.54, 1.807) is 0 Å². The lowest BCUT2D eigenvalue weighted by atomic mass is 10.1. The van der Waals surface area contributed by atoms with Gasteiger partial charge in [-0.25, -0.2) is 0 Å². The number of hydrogen-bond acceptors (Lipinski definition) is 3. The molecule has 1 aliphatic heterocycles. The van der Waals surface area contributed by atoms with E-state index in [1.807, 2.05) is 0 Å². The fourth-order valence-corrected chi connectivity index (χ4v) is 2.20. The second-order valence-electron chi connectivity index (χ2n) is 4.58. The molecule has 0 spiro atoms. The average molecular weight is 264 g/mol. The van der Waals surface area contributed by atoms with Crippen molar-refractivity contribution in [3.8, 4) is 0 Å². The van der Waals surface area contributed by atoms with Crippen molar-refractivity contribution in [1.29, 1.82) is 0 Å². The van der Waals surface area contributed by atoms with Gasteiger partial charge in [-0.05, 0) is 6.92 Å². The number of ether oxygens (including phenoxy) is 1. The Morgan fingerprint density at radius 1 is 1.28 bits per heavy atom. The number of morpholine rings is 1. The molecule has 1 aromatic carbocycles. The zero-order valence-corrected chi connectivity index (χ0v) is 11.6. The predicted octanol–water partition coefficient (Wildman–Crippen LogP) is 1.59. The topological polar surface area (TPSA) is 24.5 Å². The molecule has 18 heavy (non-hydrogen) atoms. The average Bonchev–Trinajstić information content (AvgIpc) is 2.40. The summed E-state index contributed by atoms with van der Waals surface area (Å²) in [5.41, 5.74) is 2.35. The molecule has 0 atom stereocenters. The van der Waals surface area contributed by atoms with Crippen LogP contribution in [-0.4, -0.2) is 49.3 Å². The highest BCUT2D eigenvalue weighted by Gasteiger charge is 2.09. The minimum atomic E-state index is 0.836. The van der Waals surface area contributed by atoms with Gasteiger partial charge < -0.3 is 10.1 Å². The largest absolute Gasteiger partial charge is 0.379 e. The molecule has 4 heteroatoms. The van der Waals surface area contributed by atoms with Crippen molar-refractivity contribution in [2.24, 2.45) is 0 Å². The maximum absolute atomic E-state index is 5.38. The van der Waals surface area contributed by atoms with E-state index >= 15 is 0 Å². The normalized spacial score (nSPS) is 16.5. The van der Waals surface area contributed by atoms with Gasteiger partial charge in [-0.2, -0.15) is 0 Å². The summed E-state index contributed by atoms with van der Waals surface area (Å²) >= 11 is 5.38. The fraction of sp³-hybridized carbons (Fsp3) is 0.500. The first-order chi connectivity index (χ1) is 8.75. The molecule has 1 fully saturated rings. The van der Waals surface area contributed by atoms with Gasteiger partial charge in [0.1, 0.15) is 4.99 Å². The molecule has 1 N–H and O–H groups in total. The lowest BCUT2D eigenvalue weighted by Crippen LogP contribution is -2.41. The first kappa shape index (κ1) is 13.5. The summed E-state index contributed by atoms with van der Waals surface area (Å²) in [6.45, 7) is 7.75. The number of aryl methyl sites for hydroxylation is 1. The van der Waals surface area contributed by atoms with Crippen molar-refractivity contribution in [3.05, 3.63) is 35.4 Å². The van der Waals surface area contributed by atoms with Crippen LogP contribution in [0.5, 0.6) is 0 Å². The molecule has 0 radical (unpaired) electrons. The Labute approximate surface area is 114 Å². The van der Waals surface area contributed by atoms with Crippen LogP contribution in [0, 0.1) is 6.92 Å². The zero-order valence-electron chi connectivity index (χ0n) is 10.8. The van der Waals surface area contributed by atoms with Crippen molar-refractivity contribution in [3.63, 3.8) is 0 Å². The summed E-state index contributed by atoms with van der Waals surface area (Å²) in [7, 11) is 0. The summed E-state index contributed by atoms with van der Waals surface area (Å²) in [5.74, 6) is 0. The van der Waals surface area contributed by atoms with Crippen LogP contribution in [0.4, 0.5) is 0 Å². The Morgan fingerprint density at radius 3 is 2.61 bits per heavy atom. The number of rotatable bonds is 4. The van der Waals surface area contributed by atoms with Gasteiger partial charge in [-0.3, -0.25) is 4.90 Å². The first-order valence-corrected chi connectivity index (χ1v) is 6.81. The van der Waals surface area contributed by atoms with Gasteiger partial charge in [0, 0.05) is 31.7 Å². The van der Waals surface area contributed by atoms with E-state index in [9.17, 15) is 0 Å². The van der Waals surface area contributed by atoms with E-state index in [0.717, 1.165) is 49.9 Å². The maximum atomic E-state index is 5.38. The molecule has 0 amide bonds.